The lowest BCUT2D eigenvalue weighted by Gasteiger charge is -2.31. The molecule has 1 aromatic carbocycles. The fourth-order valence-electron chi connectivity index (χ4n) is 3.93. The van der Waals surface area contributed by atoms with Crippen LogP contribution in [0.5, 0.6) is 0 Å². The lowest BCUT2D eigenvalue weighted by Crippen LogP contribution is -2.45. The Morgan fingerprint density at radius 1 is 1.22 bits per heavy atom. The number of amides is 1. The largest absolute Gasteiger partial charge is 0.447 e. The minimum Gasteiger partial charge on any atom is -0.447 e. The molecule has 0 radical (unpaired) electrons. The Balaban J connectivity index is 1.52. The monoisotopic (exact) mass is 498 g/mol. The van der Waals surface area contributed by atoms with Crippen molar-refractivity contribution < 1.29 is 23.2 Å². The molecule has 1 amide bonds. The van der Waals surface area contributed by atoms with Crippen LogP contribution in [0.1, 0.15) is 59.0 Å². The minimum atomic E-state index is -0.754. The van der Waals surface area contributed by atoms with Gasteiger partial charge in [-0.2, -0.15) is 9.97 Å². The normalized spacial score (nSPS) is 17.7. The van der Waals surface area contributed by atoms with E-state index in [-0.39, 0.29) is 18.4 Å². The summed E-state index contributed by atoms with van der Waals surface area (Å²) in [7, 11) is 0. The molecule has 1 aliphatic heterocycles. The van der Waals surface area contributed by atoms with Crippen molar-refractivity contribution in [3.63, 3.8) is 0 Å². The highest BCUT2D eigenvalue weighted by atomic mass is 19.1. The third kappa shape index (κ3) is 5.62. The van der Waals surface area contributed by atoms with E-state index in [1.165, 1.54) is 10.5 Å². The summed E-state index contributed by atoms with van der Waals surface area (Å²) >= 11 is 0. The van der Waals surface area contributed by atoms with Crippen molar-refractivity contribution in [1.82, 2.24) is 20.1 Å². The molecule has 3 heterocycles. The molecule has 3 atom stereocenters. The van der Waals surface area contributed by atoms with Gasteiger partial charge in [0, 0.05) is 5.56 Å². The maximum atomic E-state index is 14.8. The molecule has 10 nitrogen and oxygen atoms in total. The second-order valence-electron chi connectivity index (χ2n) is 9.69. The minimum absolute atomic E-state index is 0.0582. The molecule has 0 aliphatic carbocycles. The molecule has 0 saturated carbocycles. The van der Waals surface area contributed by atoms with Crippen LogP contribution in [-0.4, -0.2) is 50.6 Å². The summed E-state index contributed by atoms with van der Waals surface area (Å²) in [5.74, 6) is -0.0922. The summed E-state index contributed by atoms with van der Waals surface area (Å²) in [6.07, 6.45) is 0.821. The highest BCUT2D eigenvalue weighted by Crippen LogP contribution is 2.29. The number of ether oxygens (including phenoxy) is 2. The average Bonchev–Trinajstić information content (AvgIpc) is 3.47. The number of hydrogen-bond donors (Lipinski definition) is 1. The van der Waals surface area contributed by atoms with Crippen LogP contribution in [-0.2, 0) is 15.9 Å². The van der Waals surface area contributed by atoms with Gasteiger partial charge < -0.3 is 19.3 Å². The quantitative estimate of drug-likeness (QED) is 0.461. The van der Waals surface area contributed by atoms with E-state index in [0.717, 1.165) is 18.2 Å². The van der Waals surface area contributed by atoms with Crippen molar-refractivity contribution in [2.24, 2.45) is 0 Å². The standard InChI is InChI=1S/C25H31FN6O4/c1-7-16-8-10-17(11-9-16)20-29-22(36-31-20)14(2)28-23-27-12-18(26)21(30-23)32-19(13-34-24(32)33)15(3)35-25(4,5)6/h8-12,14-15,19H,7,13H2,1-6H3,(H,27,28,30)/t14?,15-,19-/m1/s1. The van der Waals surface area contributed by atoms with Crippen LogP contribution in [0, 0.1) is 5.82 Å². The Kier molecular flexibility index (Phi) is 7.21. The first-order chi connectivity index (χ1) is 17.1. The summed E-state index contributed by atoms with van der Waals surface area (Å²) in [6, 6.07) is 6.89. The zero-order chi connectivity index (χ0) is 26.0. The number of halogens is 1. The average molecular weight is 499 g/mol. The molecule has 1 aliphatic rings. The number of carbonyl (C=O) groups is 1. The van der Waals surface area contributed by atoms with E-state index in [4.69, 9.17) is 14.0 Å². The Bertz CT molecular complexity index is 1210. The van der Waals surface area contributed by atoms with Crippen LogP contribution >= 0.6 is 0 Å². The van der Waals surface area contributed by atoms with Gasteiger partial charge in [-0.25, -0.2) is 19.1 Å². The van der Waals surface area contributed by atoms with Crippen molar-refractivity contribution in [2.75, 3.05) is 16.8 Å². The van der Waals surface area contributed by atoms with Crippen LogP contribution in [0.25, 0.3) is 11.4 Å². The number of aromatic nitrogens is 4. The molecule has 11 heteroatoms. The Labute approximate surface area is 209 Å². The van der Waals surface area contributed by atoms with E-state index in [1.54, 1.807) is 6.92 Å². The molecule has 1 fully saturated rings. The molecule has 1 N–H and O–H groups in total. The maximum Gasteiger partial charge on any atom is 0.416 e. The summed E-state index contributed by atoms with van der Waals surface area (Å²) in [5.41, 5.74) is 1.59. The SMILES string of the molecule is CCc1ccc(-c2noc(C(C)Nc3ncc(F)c(N4C(=O)OC[C@@H]4[C@@H](C)OC(C)(C)C)n3)n2)cc1. The van der Waals surface area contributed by atoms with Crippen molar-refractivity contribution in [3.8, 4) is 11.4 Å². The number of aryl methyl sites for hydroxylation is 1. The van der Waals surface area contributed by atoms with Gasteiger partial charge in [-0.05, 0) is 46.6 Å². The zero-order valence-corrected chi connectivity index (χ0v) is 21.3. The maximum absolute atomic E-state index is 14.8. The van der Waals surface area contributed by atoms with Gasteiger partial charge in [0.05, 0.1) is 17.9 Å². The van der Waals surface area contributed by atoms with Crippen molar-refractivity contribution in [3.05, 3.63) is 47.7 Å². The van der Waals surface area contributed by atoms with E-state index in [9.17, 15) is 9.18 Å². The van der Waals surface area contributed by atoms with Crippen LogP contribution < -0.4 is 10.2 Å². The fraction of sp³-hybridized carbons (Fsp3) is 0.480. The summed E-state index contributed by atoms with van der Waals surface area (Å²) < 4.78 is 31.4. The topological polar surface area (TPSA) is 116 Å². The molecular formula is C25H31FN6O4. The second-order valence-corrected chi connectivity index (χ2v) is 9.69. The van der Waals surface area contributed by atoms with Gasteiger partial charge in [0.1, 0.15) is 18.7 Å². The lowest BCUT2D eigenvalue weighted by atomic mass is 10.1. The number of hydrogen-bond acceptors (Lipinski definition) is 9. The zero-order valence-electron chi connectivity index (χ0n) is 21.3. The summed E-state index contributed by atoms with van der Waals surface area (Å²) in [4.78, 5) is 26.4. The van der Waals surface area contributed by atoms with Crippen LogP contribution in [0.15, 0.2) is 35.0 Å². The molecule has 1 unspecified atom stereocenters. The predicted molar refractivity (Wildman–Crippen MR) is 131 cm³/mol. The number of benzene rings is 1. The predicted octanol–water partition coefficient (Wildman–Crippen LogP) is 4.93. The van der Waals surface area contributed by atoms with E-state index in [0.29, 0.717) is 11.7 Å². The first-order valence-electron chi connectivity index (χ1n) is 11.9. The summed E-state index contributed by atoms with van der Waals surface area (Å²) in [5, 5.41) is 7.09. The van der Waals surface area contributed by atoms with Gasteiger partial charge in [-0.3, -0.25) is 0 Å². The summed E-state index contributed by atoms with van der Waals surface area (Å²) in [6.45, 7) is 11.5. The number of cyclic esters (lactones) is 1. The smallest absolute Gasteiger partial charge is 0.416 e. The van der Waals surface area contributed by atoms with Crippen LogP contribution in [0.4, 0.5) is 21.0 Å². The van der Waals surface area contributed by atoms with E-state index in [2.05, 4.69) is 32.3 Å². The van der Waals surface area contributed by atoms with Crippen molar-refractivity contribution >= 4 is 17.9 Å². The second kappa shape index (κ2) is 10.2. The van der Waals surface area contributed by atoms with Crippen LogP contribution in [0.3, 0.4) is 0 Å². The highest BCUT2D eigenvalue weighted by Gasteiger charge is 2.42. The third-order valence-electron chi connectivity index (χ3n) is 5.72. The van der Waals surface area contributed by atoms with Gasteiger partial charge in [0.25, 0.3) is 0 Å². The van der Waals surface area contributed by atoms with E-state index >= 15 is 0 Å². The molecule has 3 aromatic rings. The van der Waals surface area contributed by atoms with E-state index < -0.39 is 35.7 Å². The first-order valence-corrected chi connectivity index (χ1v) is 11.9. The van der Waals surface area contributed by atoms with E-state index in [1.807, 2.05) is 52.0 Å². The molecule has 1 saturated heterocycles. The van der Waals surface area contributed by atoms with Crippen LogP contribution in [0.2, 0.25) is 0 Å². The molecule has 36 heavy (non-hydrogen) atoms. The van der Waals surface area contributed by atoms with Gasteiger partial charge in [-0.1, -0.05) is 36.3 Å². The molecular weight excluding hydrogens is 467 g/mol. The Morgan fingerprint density at radius 2 is 1.94 bits per heavy atom. The number of rotatable bonds is 8. The van der Waals surface area contributed by atoms with Gasteiger partial charge in [0.15, 0.2) is 11.6 Å². The molecule has 2 aromatic heterocycles. The Morgan fingerprint density at radius 3 is 2.61 bits per heavy atom. The fourth-order valence-corrected chi connectivity index (χ4v) is 3.93. The first kappa shape index (κ1) is 25.5. The number of nitrogens with one attached hydrogen (secondary N) is 1. The highest BCUT2D eigenvalue weighted by molar-refractivity contribution is 5.89. The number of nitrogens with zero attached hydrogens (tertiary/aromatic N) is 5. The van der Waals surface area contributed by atoms with Crippen molar-refractivity contribution in [1.29, 1.82) is 0 Å². The molecule has 0 bridgehead atoms. The van der Waals surface area contributed by atoms with Gasteiger partial charge >= 0.3 is 6.09 Å². The van der Waals surface area contributed by atoms with Gasteiger partial charge in [-0.15, -0.1) is 0 Å². The number of carbonyl (C=O) groups excluding carboxylic acids is 1. The van der Waals surface area contributed by atoms with Gasteiger partial charge in [0.2, 0.25) is 17.7 Å². The lowest BCUT2D eigenvalue weighted by molar-refractivity contribution is -0.0618. The molecule has 0 spiro atoms. The Hall–Kier alpha value is -3.60. The van der Waals surface area contributed by atoms with Crippen molar-refractivity contribution in [2.45, 2.75) is 71.8 Å². The third-order valence-corrected chi connectivity index (χ3v) is 5.72. The molecule has 192 valence electrons. The number of anilines is 2. The molecule has 4 rings (SSSR count).